The molecule has 0 radical (unpaired) electrons. The number of amides is 1. The third-order valence-electron chi connectivity index (χ3n) is 5.68. The highest BCUT2D eigenvalue weighted by atomic mass is 35.5. The van der Waals surface area contributed by atoms with Crippen LogP contribution in [0.1, 0.15) is 24.0 Å². The maximum Gasteiger partial charge on any atom is 0.336 e. The van der Waals surface area contributed by atoms with Crippen molar-refractivity contribution in [2.45, 2.75) is 26.3 Å². The molecule has 1 aromatic carbocycles. The number of hydrogen-bond donors (Lipinski definition) is 0. The Bertz CT molecular complexity index is 936. The molecular weight excluding hydrogens is 380 g/mol. The van der Waals surface area contributed by atoms with Gasteiger partial charge in [0.05, 0.1) is 19.1 Å². The molecular formula is C21H25ClN2O4. The summed E-state index contributed by atoms with van der Waals surface area (Å²) >= 11 is 6.30. The number of morpholine rings is 1. The van der Waals surface area contributed by atoms with Gasteiger partial charge in [-0.2, -0.15) is 0 Å². The van der Waals surface area contributed by atoms with Crippen molar-refractivity contribution in [3.8, 4) is 0 Å². The first-order chi connectivity index (χ1) is 13.5. The van der Waals surface area contributed by atoms with Crippen LogP contribution in [0.25, 0.3) is 11.0 Å². The van der Waals surface area contributed by atoms with Crippen LogP contribution in [0.3, 0.4) is 0 Å². The van der Waals surface area contributed by atoms with Gasteiger partial charge in [-0.15, -0.1) is 0 Å². The molecule has 0 aliphatic carbocycles. The zero-order valence-electron chi connectivity index (χ0n) is 16.1. The molecule has 2 saturated heterocycles. The Morgan fingerprint density at radius 1 is 1.21 bits per heavy atom. The molecule has 6 nitrogen and oxygen atoms in total. The van der Waals surface area contributed by atoms with Crippen molar-refractivity contribution in [2.24, 2.45) is 5.92 Å². The highest BCUT2D eigenvalue weighted by Crippen LogP contribution is 2.27. The van der Waals surface area contributed by atoms with Crippen molar-refractivity contribution in [1.29, 1.82) is 0 Å². The number of ether oxygens (including phenoxy) is 1. The Balaban J connectivity index is 1.53. The van der Waals surface area contributed by atoms with Gasteiger partial charge in [0.25, 0.3) is 0 Å². The molecule has 1 atom stereocenters. The van der Waals surface area contributed by atoms with Crippen LogP contribution < -0.4 is 5.63 Å². The maximum absolute atomic E-state index is 12.9. The normalized spacial score (nSPS) is 21.2. The molecule has 2 aliphatic rings. The zero-order chi connectivity index (χ0) is 19.7. The molecule has 0 spiro atoms. The first kappa shape index (κ1) is 19.4. The van der Waals surface area contributed by atoms with Gasteiger partial charge in [-0.25, -0.2) is 4.79 Å². The van der Waals surface area contributed by atoms with Gasteiger partial charge in [0.2, 0.25) is 5.91 Å². The smallest absolute Gasteiger partial charge is 0.336 e. The van der Waals surface area contributed by atoms with Crippen LogP contribution in [-0.2, 0) is 16.1 Å². The van der Waals surface area contributed by atoms with E-state index in [-0.39, 0.29) is 17.5 Å². The fraction of sp³-hybridized carbons (Fsp3) is 0.524. The van der Waals surface area contributed by atoms with Crippen LogP contribution in [-0.4, -0.2) is 55.1 Å². The number of rotatable bonds is 3. The number of carbonyl (C=O) groups excluding carboxylic acids is 1. The van der Waals surface area contributed by atoms with Gasteiger partial charge >= 0.3 is 5.63 Å². The molecule has 0 N–H and O–H groups in total. The minimum absolute atomic E-state index is 0.00377. The Morgan fingerprint density at radius 3 is 2.79 bits per heavy atom. The van der Waals surface area contributed by atoms with Crippen molar-refractivity contribution >= 4 is 28.5 Å². The largest absolute Gasteiger partial charge is 0.423 e. The highest BCUT2D eigenvalue weighted by molar-refractivity contribution is 6.32. The summed E-state index contributed by atoms with van der Waals surface area (Å²) in [5.74, 6) is 0.230. The van der Waals surface area contributed by atoms with E-state index in [0.29, 0.717) is 50.0 Å². The van der Waals surface area contributed by atoms with Gasteiger partial charge in [0.15, 0.2) is 0 Å². The van der Waals surface area contributed by atoms with Crippen LogP contribution in [0.15, 0.2) is 27.4 Å². The number of carbonyl (C=O) groups is 1. The summed E-state index contributed by atoms with van der Waals surface area (Å²) in [7, 11) is 0. The van der Waals surface area contributed by atoms with Crippen molar-refractivity contribution in [2.75, 3.05) is 39.4 Å². The number of likely N-dealkylation sites (tertiary alicyclic amines) is 1. The molecule has 28 heavy (non-hydrogen) atoms. The van der Waals surface area contributed by atoms with Crippen LogP contribution in [0.5, 0.6) is 0 Å². The lowest BCUT2D eigenvalue weighted by molar-refractivity contribution is -0.141. The molecule has 1 amide bonds. The van der Waals surface area contributed by atoms with Crippen molar-refractivity contribution < 1.29 is 13.9 Å². The summed E-state index contributed by atoms with van der Waals surface area (Å²) in [6.07, 6.45) is 1.88. The van der Waals surface area contributed by atoms with Crippen molar-refractivity contribution in [1.82, 2.24) is 9.80 Å². The molecule has 1 aromatic heterocycles. The predicted octanol–water partition coefficient (Wildman–Crippen LogP) is 2.83. The van der Waals surface area contributed by atoms with E-state index in [1.165, 1.54) is 0 Å². The molecule has 150 valence electrons. The Labute approximate surface area is 169 Å². The standard InChI is InChI=1S/C21H25ClN2O4/c1-14-9-19-17(11-18(14)22)16(10-20(25)28-19)13-23-4-2-3-15(12-23)21(26)24-5-7-27-8-6-24/h9-11,15H,2-8,12-13H2,1H3/t15-/m1/s1. The first-order valence-corrected chi connectivity index (χ1v) is 10.2. The first-order valence-electron chi connectivity index (χ1n) is 9.83. The van der Waals surface area contributed by atoms with Crippen LogP contribution in [0.2, 0.25) is 5.02 Å². The molecule has 4 rings (SSSR count). The van der Waals surface area contributed by atoms with Gasteiger partial charge in [0, 0.05) is 42.7 Å². The summed E-state index contributed by atoms with van der Waals surface area (Å²) in [5.41, 5.74) is 1.97. The van der Waals surface area contributed by atoms with Crippen LogP contribution >= 0.6 is 11.6 Å². The molecule has 0 bridgehead atoms. The Kier molecular flexibility index (Phi) is 5.71. The minimum Gasteiger partial charge on any atom is -0.423 e. The maximum atomic E-state index is 12.9. The summed E-state index contributed by atoms with van der Waals surface area (Å²) < 4.78 is 10.7. The van der Waals surface area contributed by atoms with E-state index >= 15 is 0 Å². The average molecular weight is 405 g/mol. The van der Waals surface area contributed by atoms with E-state index in [2.05, 4.69) is 4.90 Å². The minimum atomic E-state index is -0.359. The third kappa shape index (κ3) is 4.09. The number of hydrogen-bond acceptors (Lipinski definition) is 5. The lowest BCUT2D eigenvalue weighted by Crippen LogP contribution is -2.48. The number of aryl methyl sites for hydroxylation is 1. The van der Waals surface area contributed by atoms with E-state index in [1.807, 2.05) is 24.0 Å². The summed E-state index contributed by atoms with van der Waals surface area (Å²) in [5, 5.41) is 1.51. The quantitative estimate of drug-likeness (QED) is 0.736. The fourth-order valence-electron chi connectivity index (χ4n) is 4.16. The molecule has 0 unspecified atom stereocenters. The second kappa shape index (κ2) is 8.23. The molecule has 2 aromatic rings. The number of nitrogens with zero attached hydrogens (tertiary/aromatic N) is 2. The molecule has 0 saturated carbocycles. The van der Waals surface area contributed by atoms with E-state index < -0.39 is 0 Å². The zero-order valence-corrected chi connectivity index (χ0v) is 16.8. The van der Waals surface area contributed by atoms with E-state index in [9.17, 15) is 9.59 Å². The second-order valence-electron chi connectivity index (χ2n) is 7.70. The summed E-state index contributed by atoms with van der Waals surface area (Å²) in [6.45, 7) is 6.71. The molecule has 7 heteroatoms. The van der Waals surface area contributed by atoms with Gasteiger partial charge in [-0.3, -0.25) is 9.69 Å². The fourth-order valence-corrected chi connectivity index (χ4v) is 4.33. The molecule has 2 aliphatic heterocycles. The predicted molar refractivity (Wildman–Crippen MR) is 108 cm³/mol. The van der Waals surface area contributed by atoms with Gasteiger partial charge in [-0.05, 0) is 49.6 Å². The van der Waals surface area contributed by atoms with Crippen LogP contribution in [0, 0.1) is 12.8 Å². The van der Waals surface area contributed by atoms with E-state index in [0.717, 1.165) is 35.9 Å². The SMILES string of the molecule is Cc1cc2oc(=O)cc(CN3CCC[C@@H](C(=O)N4CCOCC4)C3)c2cc1Cl. The van der Waals surface area contributed by atoms with Gasteiger partial charge < -0.3 is 14.1 Å². The number of benzene rings is 1. The monoisotopic (exact) mass is 404 g/mol. The molecule has 3 heterocycles. The summed E-state index contributed by atoms with van der Waals surface area (Å²) in [4.78, 5) is 29.1. The number of piperidine rings is 1. The lowest BCUT2D eigenvalue weighted by Gasteiger charge is -2.36. The van der Waals surface area contributed by atoms with Crippen molar-refractivity contribution in [3.05, 3.63) is 44.8 Å². The average Bonchev–Trinajstić information content (AvgIpc) is 2.70. The van der Waals surface area contributed by atoms with Gasteiger partial charge in [-0.1, -0.05) is 11.6 Å². The van der Waals surface area contributed by atoms with E-state index in [1.54, 1.807) is 6.07 Å². The van der Waals surface area contributed by atoms with Crippen LogP contribution in [0.4, 0.5) is 0 Å². The topological polar surface area (TPSA) is 63.0 Å². The Hall–Kier alpha value is -1.89. The van der Waals surface area contributed by atoms with Gasteiger partial charge in [0.1, 0.15) is 5.58 Å². The van der Waals surface area contributed by atoms with Crippen molar-refractivity contribution in [3.63, 3.8) is 0 Å². The third-order valence-corrected chi connectivity index (χ3v) is 6.09. The second-order valence-corrected chi connectivity index (χ2v) is 8.11. The Morgan fingerprint density at radius 2 is 2.00 bits per heavy atom. The lowest BCUT2D eigenvalue weighted by atomic mass is 9.95. The number of fused-ring (bicyclic) bond motifs is 1. The molecule has 2 fully saturated rings. The highest BCUT2D eigenvalue weighted by Gasteiger charge is 2.30. The number of halogens is 1. The van der Waals surface area contributed by atoms with E-state index in [4.69, 9.17) is 20.8 Å². The summed E-state index contributed by atoms with van der Waals surface area (Å²) in [6, 6.07) is 5.22.